The maximum atomic E-state index is 3.82. The van der Waals surface area contributed by atoms with Gasteiger partial charge in [0.15, 0.2) is 0 Å². The Labute approximate surface area is 101 Å². The Morgan fingerprint density at radius 3 is 2.31 bits per heavy atom. The molecule has 94 valence electrons. The second-order valence-electron chi connectivity index (χ2n) is 5.64. The molecule has 1 aliphatic carbocycles. The highest BCUT2D eigenvalue weighted by molar-refractivity contribution is 4.86. The van der Waals surface area contributed by atoms with Gasteiger partial charge in [0.1, 0.15) is 0 Å². The van der Waals surface area contributed by atoms with Gasteiger partial charge in [-0.3, -0.25) is 0 Å². The molecule has 0 amide bonds. The largest absolute Gasteiger partial charge is 0.313 e. The van der Waals surface area contributed by atoms with Crippen molar-refractivity contribution in [2.45, 2.75) is 52.0 Å². The van der Waals surface area contributed by atoms with E-state index >= 15 is 0 Å². The van der Waals surface area contributed by atoms with Gasteiger partial charge in [-0.15, -0.1) is 0 Å². The average Bonchev–Trinajstić information content (AvgIpc) is 3.15. The Morgan fingerprint density at radius 1 is 1.12 bits per heavy atom. The highest BCUT2D eigenvalue weighted by atomic mass is 15.1. The zero-order valence-electron chi connectivity index (χ0n) is 11.0. The van der Waals surface area contributed by atoms with Crippen molar-refractivity contribution in [3.63, 3.8) is 0 Å². The monoisotopic (exact) mass is 224 g/mol. The second-order valence-corrected chi connectivity index (χ2v) is 5.64. The van der Waals surface area contributed by atoms with Crippen molar-refractivity contribution >= 4 is 0 Å². The summed E-state index contributed by atoms with van der Waals surface area (Å²) in [6, 6.07) is 0.823. The van der Waals surface area contributed by atoms with E-state index in [1.807, 2.05) is 0 Å². The van der Waals surface area contributed by atoms with Crippen molar-refractivity contribution in [1.29, 1.82) is 0 Å². The van der Waals surface area contributed by atoms with Gasteiger partial charge < -0.3 is 10.2 Å². The van der Waals surface area contributed by atoms with Crippen LogP contribution in [0.5, 0.6) is 0 Å². The third kappa shape index (κ3) is 3.46. The van der Waals surface area contributed by atoms with Gasteiger partial charge >= 0.3 is 0 Å². The molecular formula is C14H28N2. The minimum atomic E-state index is 0.823. The predicted molar refractivity (Wildman–Crippen MR) is 69.6 cm³/mol. The number of nitrogens with one attached hydrogen (secondary N) is 1. The number of hydrogen-bond donors (Lipinski definition) is 1. The van der Waals surface area contributed by atoms with Crippen molar-refractivity contribution in [2.75, 3.05) is 26.2 Å². The molecule has 0 bridgehead atoms. The molecule has 0 radical (unpaired) electrons. The number of rotatable bonds is 6. The van der Waals surface area contributed by atoms with E-state index < -0.39 is 0 Å². The molecule has 0 aromatic rings. The molecule has 0 spiro atoms. The molecule has 2 rings (SSSR count). The molecule has 2 nitrogen and oxygen atoms in total. The molecule has 1 N–H and O–H groups in total. The van der Waals surface area contributed by atoms with Crippen LogP contribution in [0.15, 0.2) is 0 Å². The van der Waals surface area contributed by atoms with Crippen LogP contribution in [-0.2, 0) is 0 Å². The van der Waals surface area contributed by atoms with Crippen molar-refractivity contribution in [3.05, 3.63) is 0 Å². The molecular weight excluding hydrogens is 196 g/mol. The standard InChI is InChI=1S/C14H28N2/c1-3-14(13-5-6-13)15-11-12-7-9-16(4-2)10-8-12/h12-15H,3-11H2,1-2H3. The molecule has 1 saturated heterocycles. The molecule has 2 heteroatoms. The maximum Gasteiger partial charge on any atom is 0.00928 e. The van der Waals surface area contributed by atoms with Gasteiger partial charge in [0.25, 0.3) is 0 Å². The van der Waals surface area contributed by atoms with Crippen molar-refractivity contribution in [2.24, 2.45) is 11.8 Å². The van der Waals surface area contributed by atoms with Crippen molar-refractivity contribution in [3.8, 4) is 0 Å². The lowest BCUT2D eigenvalue weighted by molar-refractivity contribution is 0.186. The van der Waals surface area contributed by atoms with Crippen LogP contribution in [0.4, 0.5) is 0 Å². The van der Waals surface area contributed by atoms with Crippen molar-refractivity contribution < 1.29 is 0 Å². The quantitative estimate of drug-likeness (QED) is 0.746. The topological polar surface area (TPSA) is 15.3 Å². The summed E-state index contributed by atoms with van der Waals surface area (Å²) in [7, 11) is 0. The molecule has 1 saturated carbocycles. The van der Waals surface area contributed by atoms with E-state index in [0.29, 0.717) is 0 Å². The molecule has 1 unspecified atom stereocenters. The van der Waals surface area contributed by atoms with Crippen molar-refractivity contribution in [1.82, 2.24) is 10.2 Å². The van der Waals surface area contributed by atoms with Crippen LogP contribution >= 0.6 is 0 Å². The number of nitrogens with zero attached hydrogens (tertiary/aromatic N) is 1. The van der Waals surface area contributed by atoms with Gasteiger partial charge in [0.05, 0.1) is 0 Å². The van der Waals surface area contributed by atoms with E-state index in [-0.39, 0.29) is 0 Å². The summed E-state index contributed by atoms with van der Waals surface area (Å²) < 4.78 is 0. The van der Waals surface area contributed by atoms with Gasteiger partial charge in [0.2, 0.25) is 0 Å². The van der Waals surface area contributed by atoms with Gasteiger partial charge in [0, 0.05) is 6.04 Å². The minimum absolute atomic E-state index is 0.823. The number of hydrogen-bond acceptors (Lipinski definition) is 2. The van der Waals surface area contributed by atoms with Crippen LogP contribution in [0, 0.1) is 11.8 Å². The fourth-order valence-corrected chi connectivity index (χ4v) is 2.97. The molecule has 1 atom stereocenters. The highest BCUT2D eigenvalue weighted by Crippen LogP contribution is 2.34. The Kier molecular flexibility index (Phi) is 4.66. The second kappa shape index (κ2) is 6.02. The van der Waals surface area contributed by atoms with Gasteiger partial charge in [-0.05, 0) is 70.1 Å². The highest BCUT2D eigenvalue weighted by Gasteiger charge is 2.30. The zero-order chi connectivity index (χ0) is 11.4. The molecule has 1 heterocycles. The van der Waals surface area contributed by atoms with Gasteiger partial charge in [-0.1, -0.05) is 13.8 Å². The van der Waals surface area contributed by atoms with Gasteiger partial charge in [-0.25, -0.2) is 0 Å². The third-order valence-electron chi connectivity index (χ3n) is 4.45. The first-order valence-corrected chi connectivity index (χ1v) is 7.29. The maximum absolute atomic E-state index is 3.82. The molecule has 16 heavy (non-hydrogen) atoms. The van der Waals surface area contributed by atoms with E-state index in [1.165, 1.54) is 58.3 Å². The Bertz CT molecular complexity index is 193. The lowest BCUT2D eigenvalue weighted by Gasteiger charge is -2.32. The normalized spacial score (nSPS) is 25.9. The smallest absolute Gasteiger partial charge is 0.00928 e. The summed E-state index contributed by atoms with van der Waals surface area (Å²) >= 11 is 0. The van der Waals surface area contributed by atoms with E-state index in [1.54, 1.807) is 0 Å². The molecule has 0 aromatic carbocycles. The first-order chi connectivity index (χ1) is 7.83. The fraction of sp³-hybridized carbons (Fsp3) is 1.00. The first-order valence-electron chi connectivity index (χ1n) is 7.29. The van der Waals surface area contributed by atoms with Crippen LogP contribution in [-0.4, -0.2) is 37.1 Å². The Hall–Kier alpha value is -0.0800. The minimum Gasteiger partial charge on any atom is -0.313 e. The Morgan fingerprint density at radius 2 is 1.81 bits per heavy atom. The molecule has 0 aromatic heterocycles. The van der Waals surface area contributed by atoms with Crippen LogP contribution in [0.3, 0.4) is 0 Å². The van der Waals surface area contributed by atoms with E-state index in [9.17, 15) is 0 Å². The van der Waals surface area contributed by atoms with E-state index in [0.717, 1.165) is 17.9 Å². The SMILES string of the molecule is CCC(NCC1CCN(CC)CC1)C1CC1. The Balaban J connectivity index is 1.62. The van der Waals surface area contributed by atoms with Crippen LogP contribution in [0.2, 0.25) is 0 Å². The summed E-state index contributed by atoms with van der Waals surface area (Å²) in [5.74, 6) is 1.95. The van der Waals surface area contributed by atoms with E-state index in [4.69, 9.17) is 0 Å². The summed E-state index contributed by atoms with van der Waals surface area (Å²) in [6.45, 7) is 9.76. The molecule has 1 aliphatic heterocycles. The summed E-state index contributed by atoms with van der Waals surface area (Å²) in [5, 5.41) is 3.82. The molecule has 2 fully saturated rings. The lowest BCUT2D eigenvalue weighted by atomic mass is 9.96. The van der Waals surface area contributed by atoms with Crippen LogP contribution < -0.4 is 5.32 Å². The summed E-state index contributed by atoms with van der Waals surface area (Å²) in [6.07, 6.45) is 7.07. The summed E-state index contributed by atoms with van der Waals surface area (Å²) in [5.41, 5.74) is 0. The summed E-state index contributed by atoms with van der Waals surface area (Å²) in [4.78, 5) is 2.58. The number of piperidine rings is 1. The van der Waals surface area contributed by atoms with Crippen LogP contribution in [0.25, 0.3) is 0 Å². The van der Waals surface area contributed by atoms with Crippen LogP contribution in [0.1, 0.15) is 46.0 Å². The van der Waals surface area contributed by atoms with E-state index in [2.05, 4.69) is 24.1 Å². The lowest BCUT2D eigenvalue weighted by Crippen LogP contribution is -2.40. The predicted octanol–water partition coefficient (Wildman–Crippen LogP) is 2.50. The average molecular weight is 224 g/mol. The third-order valence-corrected chi connectivity index (χ3v) is 4.45. The molecule has 2 aliphatic rings. The first kappa shape index (κ1) is 12.4. The number of likely N-dealkylation sites (tertiary alicyclic amines) is 1. The zero-order valence-corrected chi connectivity index (χ0v) is 11.0. The van der Waals surface area contributed by atoms with Gasteiger partial charge in [-0.2, -0.15) is 0 Å². The fourth-order valence-electron chi connectivity index (χ4n) is 2.97.